The molecule has 0 radical (unpaired) electrons. The second-order valence-corrected chi connectivity index (χ2v) is 4.93. The van der Waals surface area contributed by atoms with Crippen LogP contribution in [0.2, 0.25) is 0 Å². The predicted octanol–water partition coefficient (Wildman–Crippen LogP) is 3.86. The standard InChI is InChI=1S/C13H14BrF2N3/c1-3-19-12(13(14)8(2)18-19)7-17-11-5-4-9(15)6-10(11)16/h4-6,17H,3,7H2,1-2H3. The summed E-state index contributed by atoms with van der Waals surface area (Å²) in [5.74, 6) is -1.19. The molecule has 0 bridgehead atoms. The van der Waals surface area contributed by atoms with Gasteiger partial charge in [0, 0.05) is 12.6 Å². The Kier molecular flexibility index (Phi) is 4.19. The molecule has 102 valence electrons. The number of aryl methyl sites for hydroxylation is 2. The van der Waals surface area contributed by atoms with Gasteiger partial charge in [0.1, 0.15) is 11.6 Å². The van der Waals surface area contributed by atoms with Crippen LogP contribution in [0.15, 0.2) is 22.7 Å². The van der Waals surface area contributed by atoms with E-state index in [0.29, 0.717) is 6.54 Å². The summed E-state index contributed by atoms with van der Waals surface area (Å²) in [6.45, 7) is 5.03. The maximum absolute atomic E-state index is 13.5. The highest BCUT2D eigenvalue weighted by atomic mass is 79.9. The lowest BCUT2D eigenvalue weighted by Crippen LogP contribution is -2.09. The Morgan fingerprint density at radius 3 is 2.74 bits per heavy atom. The van der Waals surface area contributed by atoms with Gasteiger partial charge in [-0.25, -0.2) is 8.78 Å². The molecule has 0 aliphatic heterocycles. The number of aromatic nitrogens is 2. The van der Waals surface area contributed by atoms with Crippen LogP contribution in [0.5, 0.6) is 0 Å². The van der Waals surface area contributed by atoms with Crippen LogP contribution < -0.4 is 5.32 Å². The van der Waals surface area contributed by atoms with Gasteiger partial charge in [0.2, 0.25) is 0 Å². The molecule has 0 atom stereocenters. The fraction of sp³-hybridized carbons (Fsp3) is 0.308. The minimum atomic E-state index is -0.601. The second kappa shape index (κ2) is 5.69. The number of halogens is 3. The highest BCUT2D eigenvalue weighted by Crippen LogP contribution is 2.23. The van der Waals surface area contributed by atoms with E-state index in [-0.39, 0.29) is 5.69 Å². The lowest BCUT2D eigenvalue weighted by Gasteiger charge is -2.09. The number of hydrogen-bond donors (Lipinski definition) is 1. The molecule has 2 aromatic rings. The monoisotopic (exact) mass is 329 g/mol. The quantitative estimate of drug-likeness (QED) is 0.922. The van der Waals surface area contributed by atoms with Crippen molar-refractivity contribution in [1.82, 2.24) is 9.78 Å². The van der Waals surface area contributed by atoms with E-state index in [0.717, 1.165) is 28.5 Å². The summed E-state index contributed by atoms with van der Waals surface area (Å²) >= 11 is 3.47. The smallest absolute Gasteiger partial charge is 0.149 e. The number of rotatable bonds is 4. The van der Waals surface area contributed by atoms with E-state index >= 15 is 0 Å². The van der Waals surface area contributed by atoms with E-state index in [1.54, 1.807) is 0 Å². The fourth-order valence-corrected chi connectivity index (χ4v) is 2.27. The normalized spacial score (nSPS) is 10.8. The third-order valence-corrected chi connectivity index (χ3v) is 3.86. The fourth-order valence-electron chi connectivity index (χ4n) is 1.85. The van der Waals surface area contributed by atoms with Gasteiger partial charge in [0.15, 0.2) is 0 Å². The first kappa shape index (κ1) is 14.0. The summed E-state index contributed by atoms with van der Waals surface area (Å²) < 4.78 is 29.1. The maximum Gasteiger partial charge on any atom is 0.149 e. The lowest BCUT2D eigenvalue weighted by atomic mass is 10.3. The van der Waals surface area contributed by atoms with Crippen LogP contribution in [0.1, 0.15) is 18.3 Å². The number of nitrogens with one attached hydrogen (secondary N) is 1. The third-order valence-electron chi connectivity index (χ3n) is 2.83. The van der Waals surface area contributed by atoms with Gasteiger partial charge < -0.3 is 5.32 Å². The van der Waals surface area contributed by atoms with Gasteiger partial charge in [0.05, 0.1) is 28.1 Å². The van der Waals surface area contributed by atoms with Gasteiger partial charge >= 0.3 is 0 Å². The van der Waals surface area contributed by atoms with Crippen molar-refractivity contribution in [2.24, 2.45) is 0 Å². The Morgan fingerprint density at radius 1 is 1.37 bits per heavy atom. The van der Waals surface area contributed by atoms with Crippen LogP contribution in [0.3, 0.4) is 0 Å². The lowest BCUT2D eigenvalue weighted by molar-refractivity contribution is 0.583. The molecule has 6 heteroatoms. The zero-order valence-electron chi connectivity index (χ0n) is 10.7. The van der Waals surface area contributed by atoms with E-state index in [4.69, 9.17) is 0 Å². The van der Waals surface area contributed by atoms with Crippen LogP contribution in [0, 0.1) is 18.6 Å². The molecule has 0 saturated carbocycles. The van der Waals surface area contributed by atoms with Gasteiger partial charge in [-0.3, -0.25) is 4.68 Å². The molecule has 0 aliphatic carbocycles. The Hall–Kier alpha value is -1.43. The minimum Gasteiger partial charge on any atom is -0.377 e. The summed E-state index contributed by atoms with van der Waals surface area (Å²) in [6.07, 6.45) is 0. The van der Waals surface area contributed by atoms with Crippen LogP contribution in [0.4, 0.5) is 14.5 Å². The van der Waals surface area contributed by atoms with E-state index in [1.165, 1.54) is 12.1 Å². The Bertz CT molecular complexity index is 596. The number of nitrogens with zero attached hydrogens (tertiary/aromatic N) is 2. The molecule has 0 fully saturated rings. The van der Waals surface area contributed by atoms with Crippen molar-refractivity contribution in [2.75, 3.05) is 5.32 Å². The van der Waals surface area contributed by atoms with Crippen molar-refractivity contribution in [3.8, 4) is 0 Å². The van der Waals surface area contributed by atoms with Gasteiger partial charge in [0.25, 0.3) is 0 Å². The number of anilines is 1. The van der Waals surface area contributed by atoms with E-state index < -0.39 is 11.6 Å². The highest BCUT2D eigenvalue weighted by Gasteiger charge is 2.12. The largest absolute Gasteiger partial charge is 0.377 e. The average molecular weight is 330 g/mol. The van der Waals surface area contributed by atoms with Crippen molar-refractivity contribution >= 4 is 21.6 Å². The van der Waals surface area contributed by atoms with Crippen molar-refractivity contribution in [3.63, 3.8) is 0 Å². The van der Waals surface area contributed by atoms with Gasteiger partial charge in [-0.05, 0) is 41.9 Å². The zero-order chi connectivity index (χ0) is 14.0. The van der Waals surface area contributed by atoms with Crippen LogP contribution in [0.25, 0.3) is 0 Å². The topological polar surface area (TPSA) is 29.9 Å². The predicted molar refractivity (Wildman–Crippen MR) is 74.0 cm³/mol. The summed E-state index contributed by atoms with van der Waals surface area (Å²) in [5, 5.41) is 7.31. The molecule has 0 spiro atoms. The number of benzene rings is 1. The molecular weight excluding hydrogens is 316 g/mol. The molecule has 1 heterocycles. The van der Waals surface area contributed by atoms with E-state index in [2.05, 4.69) is 26.3 Å². The maximum atomic E-state index is 13.5. The minimum absolute atomic E-state index is 0.273. The summed E-state index contributed by atoms with van der Waals surface area (Å²) in [6, 6.07) is 3.47. The third kappa shape index (κ3) is 2.94. The summed E-state index contributed by atoms with van der Waals surface area (Å²) in [5.41, 5.74) is 2.09. The summed E-state index contributed by atoms with van der Waals surface area (Å²) in [4.78, 5) is 0. The second-order valence-electron chi connectivity index (χ2n) is 4.14. The molecule has 0 unspecified atom stereocenters. The summed E-state index contributed by atoms with van der Waals surface area (Å²) in [7, 11) is 0. The van der Waals surface area contributed by atoms with E-state index in [9.17, 15) is 8.78 Å². The molecule has 2 rings (SSSR count). The molecule has 1 aromatic heterocycles. The van der Waals surface area contributed by atoms with Crippen LogP contribution in [-0.4, -0.2) is 9.78 Å². The Morgan fingerprint density at radius 2 is 2.11 bits per heavy atom. The first-order valence-corrected chi connectivity index (χ1v) is 6.73. The van der Waals surface area contributed by atoms with E-state index in [1.807, 2.05) is 18.5 Å². The van der Waals surface area contributed by atoms with Gasteiger partial charge in [-0.1, -0.05) is 0 Å². The zero-order valence-corrected chi connectivity index (χ0v) is 12.3. The first-order chi connectivity index (χ1) is 9.02. The van der Waals surface area contributed by atoms with Gasteiger partial charge in [-0.2, -0.15) is 5.10 Å². The Balaban J connectivity index is 2.18. The van der Waals surface area contributed by atoms with Crippen molar-refractivity contribution in [2.45, 2.75) is 26.9 Å². The molecule has 1 aromatic carbocycles. The molecule has 3 nitrogen and oxygen atoms in total. The first-order valence-electron chi connectivity index (χ1n) is 5.93. The van der Waals surface area contributed by atoms with Crippen molar-refractivity contribution in [3.05, 3.63) is 45.7 Å². The molecule has 1 N–H and O–H groups in total. The molecule has 0 saturated heterocycles. The Labute approximate surface area is 118 Å². The molecule has 0 aliphatic rings. The SMILES string of the molecule is CCn1nc(C)c(Br)c1CNc1ccc(F)cc1F. The number of hydrogen-bond acceptors (Lipinski definition) is 2. The molecule has 0 amide bonds. The van der Waals surface area contributed by atoms with Crippen molar-refractivity contribution < 1.29 is 8.78 Å². The molecular formula is C13H14BrF2N3. The van der Waals surface area contributed by atoms with Crippen LogP contribution >= 0.6 is 15.9 Å². The van der Waals surface area contributed by atoms with Crippen molar-refractivity contribution in [1.29, 1.82) is 0 Å². The van der Waals surface area contributed by atoms with Gasteiger partial charge in [-0.15, -0.1) is 0 Å². The average Bonchev–Trinajstić information content (AvgIpc) is 2.65. The molecule has 19 heavy (non-hydrogen) atoms. The van der Waals surface area contributed by atoms with Crippen LogP contribution in [-0.2, 0) is 13.1 Å². The highest BCUT2D eigenvalue weighted by molar-refractivity contribution is 9.10.